The summed E-state index contributed by atoms with van der Waals surface area (Å²) in [5.74, 6) is 0.243. The van der Waals surface area contributed by atoms with Crippen LogP contribution in [0.25, 0.3) is 10.8 Å². The van der Waals surface area contributed by atoms with Crippen LogP contribution >= 0.6 is 11.8 Å². The third-order valence-corrected chi connectivity index (χ3v) is 5.40. The fourth-order valence-corrected chi connectivity index (χ4v) is 3.93. The maximum absolute atomic E-state index is 12.3. The van der Waals surface area contributed by atoms with Gasteiger partial charge in [0.05, 0.1) is 11.5 Å². The van der Waals surface area contributed by atoms with Gasteiger partial charge >= 0.3 is 0 Å². The number of nitrogens with one attached hydrogen (secondary N) is 2. The molecule has 4 nitrogen and oxygen atoms in total. The van der Waals surface area contributed by atoms with E-state index in [1.807, 2.05) is 75.4 Å². The zero-order valence-corrected chi connectivity index (χ0v) is 17.2. The lowest BCUT2D eigenvalue weighted by Crippen LogP contribution is -2.19. The smallest absolute Gasteiger partial charge is 0.234 e. The first-order valence-electron chi connectivity index (χ1n) is 9.17. The van der Waals surface area contributed by atoms with Gasteiger partial charge in [-0.05, 0) is 43.4 Å². The Bertz CT molecular complexity index is 1000. The number of thioether (sulfide) groups is 1. The molecule has 0 aliphatic carbocycles. The largest absolute Gasteiger partial charge is 0.325 e. The molecule has 0 fully saturated rings. The highest BCUT2D eigenvalue weighted by Crippen LogP contribution is 2.24. The van der Waals surface area contributed by atoms with E-state index in [1.165, 1.54) is 17.3 Å². The average molecular weight is 393 g/mol. The molecular weight excluding hydrogens is 368 g/mol. The number of carbonyl (C=O) groups is 2. The average Bonchev–Trinajstić information content (AvgIpc) is 2.65. The topological polar surface area (TPSA) is 58.2 Å². The van der Waals surface area contributed by atoms with Gasteiger partial charge in [0.1, 0.15) is 0 Å². The molecule has 0 unspecified atom stereocenters. The summed E-state index contributed by atoms with van der Waals surface area (Å²) in [5, 5.41) is 7.99. The lowest BCUT2D eigenvalue weighted by molar-refractivity contribution is -0.114. The molecule has 28 heavy (non-hydrogen) atoms. The third kappa shape index (κ3) is 4.93. The normalized spacial score (nSPS) is 10.7. The molecule has 2 amide bonds. The Morgan fingerprint density at radius 2 is 1.43 bits per heavy atom. The number of carbonyl (C=O) groups excluding carboxylic acids is 2. The maximum Gasteiger partial charge on any atom is 0.234 e. The second kappa shape index (κ2) is 8.93. The van der Waals surface area contributed by atoms with Crippen LogP contribution in [0.3, 0.4) is 0 Å². The zero-order valence-electron chi connectivity index (χ0n) is 16.3. The predicted octanol–water partition coefficient (Wildman–Crippen LogP) is 5.08. The van der Waals surface area contributed by atoms with Crippen molar-refractivity contribution in [3.05, 3.63) is 71.3 Å². The van der Waals surface area contributed by atoms with Crippen molar-refractivity contribution in [1.82, 2.24) is 0 Å². The summed E-state index contributed by atoms with van der Waals surface area (Å²) in [4.78, 5) is 24.5. The zero-order chi connectivity index (χ0) is 20.1. The summed E-state index contributed by atoms with van der Waals surface area (Å²) in [6.45, 7) is 6.01. The number of rotatable bonds is 6. The quantitative estimate of drug-likeness (QED) is 0.615. The van der Waals surface area contributed by atoms with Crippen LogP contribution in [0.15, 0.2) is 54.6 Å². The predicted molar refractivity (Wildman–Crippen MR) is 119 cm³/mol. The van der Waals surface area contributed by atoms with Gasteiger partial charge in [-0.2, -0.15) is 0 Å². The fourth-order valence-electron chi connectivity index (χ4n) is 3.31. The molecule has 3 aromatic carbocycles. The van der Waals surface area contributed by atoms with Gasteiger partial charge in [0.25, 0.3) is 0 Å². The summed E-state index contributed by atoms with van der Waals surface area (Å²) in [7, 11) is 0. The van der Waals surface area contributed by atoms with Gasteiger partial charge in [-0.3, -0.25) is 9.59 Å². The van der Waals surface area contributed by atoms with E-state index in [2.05, 4.69) is 10.6 Å². The van der Waals surface area contributed by atoms with Crippen LogP contribution in [0.5, 0.6) is 0 Å². The van der Waals surface area contributed by atoms with E-state index in [1.54, 1.807) is 0 Å². The van der Waals surface area contributed by atoms with Crippen LogP contribution < -0.4 is 10.6 Å². The minimum absolute atomic E-state index is 0.0991. The van der Waals surface area contributed by atoms with Crippen molar-refractivity contribution in [3.8, 4) is 0 Å². The van der Waals surface area contributed by atoms with Crippen molar-refractivity contribution >= 4 is 45.7 Å². The first-order chi connectivity index (χ1) is 13.4. The summed E-state index contributed by atoms with van der Waals surface area (Å²) in [5.41, 5.74) is 4.91. The molecule has 2 N–H and O–H groups in total. The molecule has 0 aliphatic heterocycles. The first-order valence-corrected chi connectivity index (χ1v) is 10.3. The van der Waals surface area contributed by atoms with E-state index in [0.29, 0.717) is 0 Å². The van der Waals surface area contributed by atoms with Gasteiger partial charge in [-0.25, -0.2) is 0 Å². The summed E-state index contributed by atoms with van der Waals surface area (Å²) in [6.07, 6.45) is 0. The van der Waals surface area contributed by atoms with Gasteiger partial charge in [0.2, 0.25) is 11.8 Å². The molecule has 0 aliphatic rings. The van der Waals surface area contributed by atoms with E-state index in [4.69, 9.17) is 0 Å². The highest BCUT2D eigenvalue weighted by atomic mass is 32.2. The molecule has 3 aromatic rings. The highest BCUT2D eigenvalue weighted by molar-refractivity contribution is 8.00. The Morgan fingerprint density at radius 1 is 0.821 bits per heavy atom. The van der Waals surface area contributed by atoms with Crippen molar-refractivity contribution in [1.29, 1.82) is 0 Å². The Kier molecular flexibility index (Phi) is 6.37. The van der Waals surface area contributed by atoms with Gasteiger partial charge in [0.15, 0.2) is 0 Å². The second-order valence-electron chi connectivity index (χ2n) is 6.89. The first kappa shape index (κ1) is 20.0. The summed E-state index contributed by atoms with van der Waals surface area (Å²) in [6, 6.07) is 17.8. The number of anilines is 2. The van der Waals surface area contributed by atoms with Crippen LogP contribution in [-0.4, -0.2) is 23.3 Å². The number of fused-ring (bicyclic) bond motifs is 1. The van der Waals surface area contributed by atoms with Crippen LogP contribution in [0.1, 0.15) is 16.7 Å². The van der Waals surface area contributed by atoms with Crippen molar-refractivity contribution < 1.29 is 9.59 Å². The van der Waals surface area contributed by atoms with Crippen molar-refractivity contribution in [2.45, 2.75) is 20.8 Å². The van der Waals surface area contributed by atoms with E-state index in [0.717, 1.165) is 33.3 Å². The molecule has 0 spiro atoms. The summed E-state index contributed by atoms with van der Waals surface area (Å²) >= 11 is 1.30. The van der Waals surface area contributed by atoms with Crippen LogP contribution in [0.4, 0.5) is 11.4 Å². The van der Waals surface area contributed by atoms with Crippen LogP contribution in [0.2, 0.25) is 0 Å². The van der Waals surface area contributed by atoms with Crippen LogP contribution in [0, 0.1) is 20.8 Å². The van der Waals surface area contributed by atoms with E-state index >= 15 is 0 Å². The van der Waals surface area contributed by atoms with Crippen molar-refractivity contribution in [2.24, 2.45) is 0 Å². The molecule has 5 heteroatoms. The number of benzene rings is 3. The standard InChI is InChI=1S/C23H24N2O2S/c1-15-11-16(2)23(17(3)12-15)25-22(27)14-28-13-21(26)24-20-10-6-8-18-7-4-5-9-19(18)20/h4-12H,13-14H2,1-3H3,(H,24,26)(H,25,27). The lowest BCUT2D eigenvalue weighted by atomic mass is 10.1. The molecule has 0 heterocycles. The van der Waals surface area contributed by atoms with E-state index < -0.39 is 0 Å². The van der Waals surface area contributed by atoms with Gasteiger partial charge in [-0.1, -0.05) is 54.1 Å². The number of aryl methyl sites for hydroxylation is 3. The Labute approximate surface area is 169 Å². The monoisotopic (exact) mass is 392 g/mol. The van der Waals surface area contributed by atoms with Gasteiger partial charge < -0.3 is 10.6 Å². The Hall–Kier alpha value is -2.79. The summed E-state index contributed by atoms with van der Waals surface area (Å²) < 4.78 is 0. The fraction of sp³-hybridized carbons (Fsp3) is 0.217. The minimum Gasteiger partial charge on any atom is -0.325 e. The molecular formula is C23H24N2O2S. The maximum atomic E-state index is 12.3. The molecule has 0 aromatic heterocycles. The Morgan fingerprint density at radius 3 is 2.14 bits per heavy atom. The number of hydrogen-bond acceptors (Lipinski definition) is 3. The second-order valence-corrected chi connectivity index (χ2v) is 7.88. The van der Waals surface area contributed by atoms with Gasteiger partial charge in [0, 0.05) is 16.8 Å². The van der Waals surface area contributed by atoms with E-state index in [-0.39, 0.29) is 23.3 Å². The van der Waals surface area contributed by atoms with Crippen LogP contribution in [-0.2, 0) is 9.59 Å². The van der Waals surface area contributed by atoms with E-state index in [9.17, 15) is 9.59 Å². The van der Waals surface area contributed by atoms with Crippen molar-refractivity contribution in [2.75, 3.05) is 22.1 Å². The molecule has 0 saturated carbocycles. The number of amides is 2. The minimum atomic E-state index is -0.114. The molecule has 0 atom stereocenters. The molecule has 0 saturated heterocycles. The molecule has 144 valence electrons. The lowest BCUT2D eigenvalue weighted by Gasteiger charge is -2.13. The third-order valence-electron chi connectivity index (χ3n) is 4.47. The van der Waals surface area contributed by atoms with Crippen molar-refractivity contribution in [3.63, 3.8) is 0 Å². The SMILES string of the molecule is Cc1cc(C)c(NC(=O)CSCC(=O)Nc2cccc3ccccc23)c(C)c1. The van der Waals surface area contributed by atoms with Gasteiger partial charge in [-0.15, -0.1) is 11.8 Å². The molecule has 0 bridgehead atoms. The Balaban J connectivity index is 1.52. The number of hydrogen-bond donors (Lipinski definition) is 2. The molecule has 0 radical (unpaired) electrons. The highest BCUT2D eigenvalue weighted by Gasteiger charge is 2.10. The molecule has 3 rings (SSSR count).